The molecule has 0 aliphatic heterocycles. The summed E-state index contributed by atoms with van der Waals surface area (Å²) >= 11 is 0. The highest BCUT2D eigenvalue weighted by Gasteiger charge is 2.02. The molecule has 0 aromatic heterocycles. The first kappa shape index (κ1) is 20.4. The summed E-state index contributed by atoms with van der Waals surface area (Å²) in [6.07, 6.45) is 8.01. The summed E-state index contributed by atoms with van der Waals surface area (Å²) in [6, 6.07) is 15.5. The number of benzene rings is 2. The zero-order valence-electron chi connectivity index (χ0n) is 15.5. The third-order valence-electron chi connectivity index (χ3n) is 3.82. The topological polar surface area (TPSA) is 50.7 Å². The van der Waals surface area contributed by atoms with Gasteiger partial charge in [-0.05, 0) is 48.2 Å². The maximum atomic E-state index is 12.8. The fourth-order valence-electron chi connectivity index (χ4n) is 2.42. The van der Waals surface area contributed by atoms with Gasteiger partial charge in [0, 0.05) is 0 Å². The van der Waals surface area contributed by atoms with Crippen LogP contribution in [-0.4, -0.2) is 18.7 Å². The molecular weight excluding hydrogens is 343 g/mol. The van der Waals surface area contributed by atoms with Crippen molar-refractivity contribution in [2.24, 2.45) is 5.10 Å². The molecule has 142 valence electrons. The van der Waals surface area contributed by atoms with E-state index in [-0.39, 0.29) is 18.3 Å². The molecule has 0 fully saturated rings. The predicted octanol–water partition coefficient (Wildman–Crippen LogP) is 4.97. The lowest BCUT2D eigenvalue weighted by Gasteiger charge is -2.05. The van der Waals surface area contributed by atoms with Gasteiger partial charge >= 0.3 is 0 Å². The van der Waals surface area contributed by atoms with Gasteiger partial charge in [-0.25, -0.2) is 9.82 Å². The van der Waals surface area contributed by atoms with E-state index >= 15 is 0 Å². The first-order chi connectivity index (χ1) is 13.2. The molecule has 0 aliphatic carbocycles. The minimum atomic E-state index is -0.372. The lowest BCUT2D eigenvalue weighted by Crippen LogP contribution is -2.24. The maximum Gasteiger partial charge on any atom is 0.277 e. The Morgan fingerprint density at radius 3 is 2.56 bits per heavy atom. The molecule has 2 rings (SSSR count). The highest BCUT2D eigenvalue weighted by molar-refractivity contribution is 5.87. The van der Waals surface area contributed by atoms with Crippen molar-refractivity contribution < 1.29 is 13.9 Å². The number of hydrogen-bond donors (Lipinski definition) is 1. The highest BCUT2D eigenvalue weighted by Crippen LogP contribution is 2.13. The third kappa shape index (κ3) is 8.31. The zero-order chi connectivity index (χ0) is 19.3. The van der Waals surface area contributed by atoms with E-state index in [1.165, 1.54) is 24.3 Å². The number of allylic oxidation sites excluding steroid dienone is 1. The second-order valence-corrected chi connectivity index (χ2v) is 6.12. The van der Waals surface area contributed by atoms with Crippen LogP contribution >= 0.6 is 0 Å². The smallest absolute Gasteiger partial charge is 0.277 e. The number of nitrogens with zero attached hydrogens (tertiary/aromatic N) is 1. The van der Waals surface area contributed by atoms with Crippen LogP contribution in [0, 0.1) is 5.82 Å². The number of unbranched alkanes of at least 4 members (excludes halogenated alkanes) is 2. The van der Waals surface area contributed by atoms with E-state index < -0.39 is 0 Å². The van der Waals surface area contributed by atoms with Crippen LogP contribution in [-0.2, 0) is 4.79 Å². The summed E-state index contributed by atoms with van der Waals surface area (Å²) in [4.78, 5) is 11.8. The maximum absolute atomic E-state index is 12.8. The van der Waals surface area contributed by atoms with E-state index in [1.54, 1.807) is 6.21 Å². The molecule has 5 heteroatoms. The molecular formula is C22H25FN2O2. The number of hydrazone groups is 1. The molecule has 2 aromatic carbocycles. The van der Waals surface area contributed by atoms with Crippen LogP contribution < -0.4 is 10.2 Å². The van der Waals surface area contributed by atoms with Gasteiger partial charge in [-0.1, -0.05) is 56.2 Å². The number of hydrogen-bond acceptors (Lipinski definition) is 3. The number of carbonyl (C=O) groups excluding carboxylic acids is 1. The Kier molecular flexibility index (Phi) is 8.77. The second-order valence-electron chi connectivity index (χ2n) is 6.12. The van der Waals surface area contributed by atoms with Crippen LogP contribution in [0.5, 0.6) is 5.75 Å². The Balaban J connectivity index is 1.87. The van der Waals surface area contributed by atoms with Crippen LogP contribution in [0.1, 0.15) is 38.2 Å². The van der Waals surface area contributed by atoms with Crippen LogP contribution in [0.25, 0.3) is 6.08 Å². The molecule has 0 bridgehead atoms. The van der Waals surface area contributed by atoms with E-state index in [0.29, 0.717) is 5.75 Å². The number of carbonyl (C=O) groups is 1. The molecule has 27 heavy (non-hydrogen) atoms. The molecule has 1 N–H and O–H groups in total. The average Bonchev–Trinajstić information content (AvgIpc) is 2.68. The Labute approximate surface area is 159 Å². The average molecular weight is 368 g/mol. The van der Waals surface area contributed by atoms with Gasteiger partial charge in [0.1, 0.15) is 11.6 Å². The summed E-state index contributed by atoms with van der Waals surface area (Å²) in [5, 5.41) is 4.04. The molecule has 0 heterocycles. The number of ether oxygens (including phenoxy) is 1. The van der Waals surface area contributed by atoms with Crippen LogP contribution in [0.3, 0.4) is 0 Å². The van der Waals surface area contributed by atoms with Crippen molar-refractivity contribution in [2.75, 3.05) is 6.61 Å². The largest absolute Gasteiger partial charge is 0.484 e. The number of rotatable bonds is 10. The van der Waals surface area contributed by atoms with Crippen molar-refractivity contribution in [1.29, 1.82) is 0 Å². The molecule has 0 radical (unpaired) electrons. The van der Waals surface area contributed by atoms with Crippen molar-refractivity contribution >= 4 is 18.2 Å². The molecule has 0 unspecified atom stereocenters. The number of amides is 1. The van der Waals surface area contributed by atoms with E-state index in [1.807, 2.05) is 30.3 Å². The quantitative estimate of drug-likeness (QED) is 0.366. The van der Waals surface area contributed by atoms with Crippen molar-refractivity contribution in [3.63, 3.8) is 0 Å². The Bertz CT molecular complexity index is 756. The van der Waals surface area contributed by atoms with Gasteiger partial charge in [-0.15, -0.1) is 0 Å². The van der Waals surface area contributed by atoms with E-state index in [2.05, 4.69) is 23.5 Å². The van der Waals surface area contributed by atoms with Gasteiger partial charge in [0.2, 0.25) is 0 Å². The van der Waals surface area contributed by atoms with Gasteiger partial charge < -0.3 is 4.74 Å². The second kappa shape index (κ2) is 11.6. The van der Waals surface area contributed by atoms with Crippen LogP contribution in [0.2, 0.25) is 0 Å². The molecule has 1 amide bonds. The van der Waals surface area contributed by atoms with E-state index in [0.717, 1.165) is 36.8 Å². The van der Waals surface area contributed by atoms with Crippen molar-refractivity contribution in [1.82, 2.24) is 5.43 Å². The normalized spacial score (nSPS) is 11.6. The van der Waals surface area contributed by atoms with E-state index in [9.17, 15) is 9.18 Å². The Hall–Kier alpha value is -2.95. The highest BCUT2D eigenvalue weighted by atomic mass is 19.1. The standard InChI is InChI=1S/C22H25FN2O2/c1-2-3-5-10-19(15-18-8-6-4-7-9-18)16-24-25-22(26)17-27-21-13-11-20(23)12-14-21/h4,6-9,11-16H,2-3,5,10,17H2,1H3,(H,25,26)/b19-15+,24-16-. The van der Waals surface area contributed by atoms with Gasteiger partial charge in [0.05, 0.1) is 6.21 Å². The molecule has 0 atom stereocenters. The minimum absolute atomic E-state index is 0.184. The van der Waals surface area contributed by atoms with Crippen LogP contribution in [0.4, 0.5) is 4.39 Å². The summed E-state index contributed by atoms with van der Waals surface area (Å²) in [6.45, 7) is 1.98. The number of nitrogens with one attached hydrogen (secondary N) is 1. The lowest BCUT2D eigenvalue weighted by atomic mass is 10.1. The summed E-state index contributed by atoms with van der Waals surface area (Å²) in [5.74, 6) is -0.292. The van der Waals surface area contributed by atoms with Crippen molar-refractivity contribution in [3.05, 3.63) is 71.6 Å². The van der Waals surface area contributed by atoms with Gasteiger partial charge in [0.15, 0.2) is 6.61 Å². The Morgan fingerprint density at radius 2 is 1.85 bits per heavy atom. The zero-order valence-corrected chi connectivity index (χ0v) is 15.5. The SMILES string of the molecule is CCCCCC(/C=N\NC(=O)COc1ccc(F)cc1)=C\c1ccccc1. The molecule has 0 aliphatic rings. The fraction of sp³-hybridized carbons (Fsp3) is 0.273. The molecule has 4 nitrogen and oxygen atoms in total. The first-order valence-electron chi connectivity index (χ1n) is 9.13. The first-order valence-corrected chi connectivity index (χ1v) is 9.13. The minimum Gasteiger partial charge on any atom is -0.484 e. The van der Waals surface area contributed by atoms with Gasteiger partial charge in [-0.3, -0.25) is 4.79 Å². The van der Waals surface area contributed by atoms with Crippen molar-refractivity contribution in [3.8, 4) is 5.75 Å². The summed E-state index contributed by atoms with van der Waals surface area (Å²) in [7, 11) is 0. The molecule has 0 spiro atoms. The summed E-state index contributed by atoms with van der Waals surface area (Å²) < 4.78 is 18.1. The predicted molar refractivity (Wildman–Crippen MR) is 107 cm³/mol. The van der Waals surface area contributed by atoms with Crippen molar-refractivity contribution in [2.45, 2.75) is 32.6 Å². The third-order valence-corrected chi connectivity index (χ3v) is 3.82. The van der Waals surface area contributed by atoms with Gasteiger partial charge in [-0.2, -0.15) is 5.10 Å². The number of halogens is 1. The summed E-state index contributed by atoms with van der Waals surface area (Å²) in [5.41, 5.74) is 4.61. The Morgan fingerprint density at radius 1 is 1.11 bits per heavy atom. The van der Waals surface area contributed by atoms with Gasteiger partial charge in [0.25, 0.3) is 5.91 Å². The fourth-order valence-corrected chi connectivity index (χ4v) is 2.42. The van der Waals surface area contributed by atoms with Crippen LogP contribution in [0.15, 0.2) is 65.3 Å². The lowest BCUT2D eigenvalue weighted by molar-refractivity contribution is -0.123. The van der Waals surface area contributed by atoms with E-state index in [4.69, 9.17) is 4.74 Å². The molecule has 0 saturated carbocycles. The molecule has 0 saturated heterocycles. The monoisotopic (exact) mass is 368 g/mol. The molecule has 2 aromatic rings.